The molecule has 0 radical (unpaired) electrons. The summed E-state index contributed by atoms with van der Waals surface area (Å²) in [5.74, 6) is -1.11. The first-order chi connectivity index (χ1) is 9.45. The summed E-state index contributed by atoms with van der Waals surface area (Å²) in [7, 11) is 0. The molecule has 2 fully saturated rings. The molecule has 7 heteroatoms. The maximum atomic E-state index is 12.1. The molecule has 0 bridgehead atoms. The number of amides is 3. The Morgan fingerprint density at radius 3 is 2.40 bits per heavy atom. The molecule has 2 saturated heterocycles. The molecule has 7 nitrogen and oxygen atoms in total. The smallest absolute Gasteiger partial charge is 0.329 e. The van der Waals surface area contributed by atoms with Crippen molar-refractivity contribution in [2.24, 2.45) is 0 Å². The minimum Gasteiger partial charge on any atom is -0.480 e. The Balaban J connectivity index is 1.88. The van der Waals surface area contributed by atoms with E-state index in [1.807, 2.05) is 0 Å². The van der Waals surface area contributed by atoms with Crippen LogP contribution in [0.3, 0.4) is 0 Å². The average Bonchev–Trinajstić information content (AvgIpc) is 3.05. The van der Waals surface area contributed by atoms with Crippen molar-refractivity contribution in [1.29, 1.82) is 0 Å². The Morgan fingerprint density at radius 2 is 1.80 bits per heavy atom. The number of urea groups is 1. The van der Waals surface area contributed by atoms with Crippen molar-refractivity contribution in [1.82, 2.24) is 15.1 Å². The Bertz CT molecular complexity index is 420. The molecule has 112 valence electrons. The van der Waals surface area contributed by atoms with Gasteiger partial charge in [0, 0.05) is 19.6 Å². The van der Waals surface area contributed by atoms with Crippen LogP contribution < -0.4 is 5.32 Å². The maximum absolute atomic E-state index is 12.1. The molecule has 1 atom stereocenters. The summed E-state index contributed by atoms with van der Waals surface area (Å²) in [6.45, 7) is 3.37. The Labute approximate surface area is 117 Å². The van der Waals surface area contributed by atoms with Gasteiger partial charge in [-0.2, -0.15) is 0 Å². The van der Waals surface area contributed by atoms with Gasteiger partial charge in [0.1, 0.15) is 5.54 Å². The predicted octanol–water partition coefficient (Wildman–Crippen LogP) is 0.258. The number of carbonyl (C=O) groups excluding carboxylic acids is 2. The number of hydrogen-bond donors (Lipinski definition) is 2. The number of aliphatic carboxylic acids is 1. The lowest BCUT2D eigenvalue weighted by Crippen LogP contribution is -2.55. The van der Waals surface area contributed by atoms with E-state index in [4.69, 9.17) is 0 Å². The lowest BCUT2D eigenvalue weighted by Gasteiger charge is -2.31. The van der Waals surface area contributed by atoms with Crippen LogP contribution in [-0.4, -0.2) is 64.5 Å². The maximum Gasteiger partial charge on any atom is 0.329 e. The second kappa shape index (κ2) is 5.68. The molecule has 2 N–H and O–H groups in total. The molecule has 2 aliphatic rings. The van der Waals surface area contributed by atoms with Gasteiger partial charge in [-0.1, -0.05) is 0 Å². The van der Waals surface area contributed by atoms with E-state index in [2.05, 4.69) is 5.32 Å². The van der Waals surface area contributed by atoms with Gasteiger partial charge in [0.05, 0.1) is 6.54 Å². The highest BCUT2D eigenvalue weighted by atomic mass is 16.4. The van der Waals surface area contributed by atoms with E-state index in [0.717, 1.165) is 25.9 Å². The highest BCUT2D eigenvalue weighted by molar-refractivity contribution is 5.89. The summed E-state index contributed by atoms with van der Waals surface area (Å²) in [4.78, 5) is 38.2. The first-order valence-electron chi connectivity index (χ1n) is 7.02. The molecule has 2 rings (SSSR count). The van der Waals surface area contributed by atoms with Crippen molar-refractivity contribution in [3.8, 4) is 0 Å². The fourth-order valence-corrected chi connectivity index (χ4v) is 2.84. The third kappa shape index (κ3) is 2.71. The van der Waals surface area contributed by atoms with E-state index in [0.29, 0.717) is 19.4 Å². The second-order valence-electron chi connectivity index (χ2n) is 5.58. The summed E-state index contributed by atoms with van der Waals surface area (Å²) in [5, 5.41) is 11.8. The van der Waals surface area contributed by atoms with Gasteiger partial charge in [0.15, 0.2) is 0 Å². The SMILES string of the molecule is CC1(C(=O)O)CCCN1C(=O)NCC(=O)N1CCCC1. The van der Waals surface area contributed by atoms with Crippen LogP contribution in [0.25, 0.3) is 0 Å². The Morgan fingerprint density at radius 1 is 1.15 bits per heavy atom. The van der Waals surface area contributed by atoms with Gasteiger partial charge in [-0.15, -0.1) is 0 Å². The fourth-order valence-electron chi connectivity index (χ4n) is 2.84. The Kier molecular flexibility index (Phi) is 4.15. The molecule has 2 aliphatic heterocycles. The molecule has 3 amide bonds. The summed E-state index contributed by atoms with van der Waals surface area (Å²) >= 11 is 0. The van der Waals surface area contributed by atoms with Crippen molar-refractivity contribution in [3.05, 3.63) is 0 Å². The number of nitrogens with zero attached hydrogens (tertiary/aromatic N) is 2. The van der Waals surface area contributed by atoms with Crippen LogP contribution in [0.4, 0.5) is 4.79 Å². The van der Waals surface area contributed by atoms with Crippen LogP contribution in [-0.2, 0) is 9.59 Å². The highest BCUT2D eigenvalue weighted by Crippen LogP contribution is 2.29. The molecule has 1 unspecified atom stereocenters. The van der Waals surface area contributed by atoms with E-state index >= 15 is 0 Å². The van der Waals surface area contributed by atoms with Crippen molar-refractivity contribution >= 4 is 17.9 Å². The predicted molar refractivity (Wildman–Crippen MR) is 71.2 cm³/mol. The number of carboxylic acid groups (broad SMARTS) is 1. The molecule has 0 aromatic heterocycles. The van der Waals surface area contributed by atoms with E-state index < -0.39 is 17.5 Å². The summed E-state index contributed by atoms with van der Waals surface area (Å²) in [5.41, 5.74) is -1.17. The van der Waals surface area contributed by atoms with Gasteiger partial charge < -0.3 is 20.2 Å². The van der Waals surface area contributed by atoms with Gasteiger partial charge in [0.2, 0.25) is 5.91 Å². The number of carboxylic acids is 1. The molecule has 0 aromatic rings. The molecule has 0 spiro atoms. The highest BCUT2D eigenvalue weighted by Gasteiger charge is 2.46. The van der Waals surface area contributed by atoms with Crippen LogP contribution in [0.5, 0.6) is 0 Å². The van der Waals surface area contributed by atoms with Crippen molar-refractivity contribution < 1.29 is 19.5 Å². The normalized spacial score (nSPS) is 25.9. The number of hydrogen-bond acceptors (Lipinski definition) is 3. The molecular weight excluding hydrogens is 262 g/mol. The van der Waals surface area contributed by atoms with Crippen LogP contribution in [0.15, 0.2) is 0 Å². The third-order valence-corrected chi connectivity index (χ3v) is 4.20. The standard InChI is InChI=1S/C13H21N3O4/c1-13(11(18)19)5-4-8-16(13)12(20)14-9-10(17)15-6-2-3-7-15/h2-9H2,1H3,(H,14,20)(H,18,19). The van der Waals surface area contributed by atoms with Gasteiger partial charge in [-0.25, -0.2) is 9.59 Å². The van der Waals surface area contributed by atoms with E-state index in [1.54, 1.807) is 11.8 Å². The monoisotopic (exact) mass is 283 g/mol. The quantitative estimate of drug-likeness (QED) is 0.777. The fraction of sp³-hybridized carbons (Fsp3) is 0.769. The summed E-state index contributed by atoms with van der Waals surface area (Å²) in [6, 6.07) is -0.472. The minimum absolute atomic E-state index is 0.0645. The van der Waals surface area contributed by atoms with Crippen molar-refractivity contribution in [3.63, 3.8) is 0 Å². The minimum atomic E-state index is -1.17. The van der Waals surface area contributed by atoms with Gasteiger partial charge in [0.25, 0.3) is 0 Å². The second-order valence-corrected chi connectivity index (χ2v) is 5.58. The van der Waals surface area contributed by atoms with Crippen LogP contribution in [0.2, 0.25) is 0 Å². The van der Waals surface area contributed by atoms with Crippen molar-refractivity contribution in [2.45, 2.75) is 38.1 Å². The number of rotatable bonds is 3. The lowest BCUT2D eigenvalue weighted by molar-refractivity contribution is -0.147. The van der Waals surface area contributed by atoms with Crippen LogP contribution >= 0.6 is 0 Å². The molecule has 0 aromatic carbocycles. The largest absolute Gasteiger partial charge is 0.480 e. The van der Waals surface area contributed by atoms with E-state index in [-0.39, 0.29) is 12.5 Å². The number of carbonyl (C=O) groups is 3. The number of likely N-dealkylation sites (tertiary alicyclic amines) is 2. The van der Waals surface area contributed by atoms with Gasteiger partial charge in [-0.3, -0.25) is 4.79 Å². The molecular formula is C13H21N3O4. The first-order valence-corrected chi connectivity index (χ1v) is 7.02. The van der Waals surface area contributed by atoms with Crippen LogP contribution in [0, 0.1) is 0 Å². The number of nitrogens with one attached hydrogen (secondary N) is 1. The van der Waals surface area contributed by atoms with Crippen molar-refractivity contribution in [2.75, 3.05) is 26.2 Å². The lowest BCUT2D eigenvalue weighted by atomic mass is 10.00. The zero-order valence-electron chi connectivity index (χ0n) is 11.7. The van der Waals surface area contributed by atoms with E-state index in [9.17, 15) is 19.5 Å². The van der Waals surface area contributed by atoms with Gasteiger partial charge in [-0.05, 0) is 32.6 Å². The van der Waals surface area contributed by atoms with E-state index in [1.165, 1.54) is 4.90 Å². The summed E-state index contributed by atoms with van der Waals surface area (Å²) < 4.78 is 0. The molecule has 2 heterocycles. The van der Waals surface area contributed by atoms with Gasteiger partial charge >= 0.3 is 12.0 Å². The first kappa shape index (κ1) is 14.6. The zero-order valence-corrected chi connectivity index (χ0v) is 11.7. The molecule has 20 heavy (non-hydrogen) atoms. The summed E-state index contributed by atoms with van der Waals surface area (Å²) in [6.07, 6.45) is 3.11. The topological polar surface area (TPSA) is 90.0 Å². The third-order valence-electron chi connectivity index (χ3n) is 4.20. The average molecular weight is 283 g/mol. The molecule has 0 aliphatic carbocycles. The van der Waals surface area contributed by atoms with Crippen LogP contribution in [0.1, 0.15) is 32.6 Å². The molecule has 0 saturated carbocycles. The zero-order chi connectivity index (χ0) is 14.8. The Hall–Kier alpha value is -1.79.